The number of halogens is 1. The van der Waals surface area contributed by atoms with Crippen molar-refractivity contribution in [3.63, 3.8) is 0 Å². The Hall–Kier alpha value is -0.810. The maximum Gasteiger partial charge on any atom is 0.320 e. The third-order valence-corrected chi connectivity index (χ3v) is 3.44. The summed E-state index contributed by atoms with van der Waals surface area (Å²) in [5, 5.41) is 12.0. The van der Waals surface area contributed by atoms with Crippen molar-refractivity contribution in [2.24, 2.45) is 5.41 Å². The monoisotopic (exact) mass is 306 g/mol. The Labute approximate surface area is 127 Å². The van der Waals surface area contributed by atoms with E-state index in [9.17, 15) is 9.59 Å². The molecule has 1 saturated heterocycles. The topological polar surface area (TPSA) is 69.6 Å². The molecule has 1 atom stereocenters. The first-order chi connectivity index (χ1) is 8.79. The van der Waals surface area contributed by atoms with E-state index in [4.69, 9.17) is 5.11 Å². The SMILES string of the molecule is CC(C)(C)CCNC(=O)CN1CCCCC1C(=O)O.Cl. The molecule has 1 aliphatic heterocycles. The molecule has 1 fully saturated rings. The highest BCUT2D eigenvalue weighted by molar-refractivity contribution is 5.85. The second-order valence-electron chi connectivity index (χ2n) is 6.48. The van der Waals surface area contributed by atoms with Crippen molar-refractivity contribution in [2.45, 2.75) is 52.5 Å². The summed E-state index contributed by atoms with van der Waals surface area (Å²) in [4.78, 5) is 24.7. The van der Waals surface area contributed by atoms with Crippen molar-refractivity contribution >= 4 is 24.3 Å². The van der Waals surface area contributed by atoms with Gasteiger partial charge in [-0.1, -0.05) is 27.2 Å². The fourth-order valence-electron chi connectivity index (χ4n) is 2.28. The van der Waals surface area contributed by atoms with Crippen LogP contribution >= 0.6 is 12.4 Å². The third kappa shape index (κ3) is 7.10. The van der Waals surface area contributed by atoms with Gasteiger partial charge >= 0.3 is 5.97 Å². The molecule has 0 spiro atoms. The number of likely N-dealkylation sites (tertiary alicyclic amines) is 1. The van der Waals surface area contributed by atoms with Gasteiger partial charge in [-0.15, -0.1) is 12.4 Å². The average Bonchev–Trinajstić information content (AvgIpc) is 2.27. The van der Waals surface area contributed by atoms with Crippen molar-refractivity contribution in [1.82, 2.24) is 10.2 Å². The highest BCUT2D eigenvalue weighted by Crippen LogP contribution is 2.18. The molecule has 0 aromatic heterocycles. The minimum Gasteiger partial charge on any atom is -0.480 e. The molecule has 118 valence electrons. The standard InChI is InChI=1S/C14H26N2O3.ClH/c1-14(2,3)7-8-15-12(17)10-16-9-5-4-6-11(16)13(18)19;/h11H,4-10H2,1-3H3,(H,15,17)(H,18,19);1H. The summed E-state index contributed by atoms with van der Waals surface area (Å²) in [7, 11) is 0. The van der Waals surface area contributed by atoms with Gasteiger partial charge in [0.05, 0.1) is 6.54 Å². The fraction of sp³-hybridized carbons (Fsp3) is 0.857. The van der Waals surface area contributed by atoms with Gasteiger partial charge in [0.15, 0.2) is 0 Å². The Balaban J connectivity index is 0.00000361. The quantitative estimate of drug-likeness (QED) is 0.814. The minimum atomic E-state index is -0.817. The maximum absolute atomic E-state index is 11.8. The molecule has 6 heteroatoms. The number of rotatable bonds is 5. The largest absolute Gasteiger partial charge is 0.480 e. The lowest BCUT2D eigenvalue weighted by Crippen LogP contribution is -2.49. The van der Waals surface area contributed by atoms with Gasteiger partial charge in [-0.2, -0.15) is 0 Å². The normalized spacial score (nSPS) is 20.1. The number of carbonyl (C=O) groups is 2. The van der Waals surface area contributed by atoms with Gasteiger partial charge in [0.25, 0.3) is 0 Å². The average molecular weight is 307 g/mol. The van der Waals surface area contributed by atoms with Crippen LogP contribution in [0.25, 0.3) is 0 Å². The number of hydrogen-bond donors (Lipinski definition) is 2. The molecule has 2 N–H and O–H groups in total. The summed E-state index contributed by atoms with van der Waals surface area (Å²) >= 11 is 0. The van der Waals surface area contributed by atoms with Crippen LogP contribution in [0.5, 0.6) is 0 Å². The molecule has 1 heterocycles. The summed E-state index contributed by atoms with van der Waals surface area (Å²) in [6.45, 7) is 7.93. The molecule has 20 heavy (non-hydrogen) atoms. The second kappa shape index (κ2) is 8.47. The van der Waals surface area contributed by atoms with Gasteiger partial charge in [-0.05, 0) is 31.2 Å². The summed E-state index contributed by atoms with van der Waals surface area (Å²) in [6.07, 6.45) is 3.46. The molecule has 5 nitrogen and oxygen atoms in total. The van der Waals surface area contributed by atoms with E-state index in [-0.39, 0.29) is 30.3 Å². The van der Waals surface area contributed by atoms with Crippen molar-refractivity contribution in [2.75, 3.05) is 19.6 Å². The van der Waals surface area contributed by atoms with E-state index in [0.717, 1.165) is 19.3 Å². The predicted molar refractivity (Wildman–Crippen MR) is 81.2 cm³/mol. The molecular formula is C14H27ClN2O3. The Morgan fingerprint density at radius 1 is 1.30 bits per heavy atom. The number of carboxylic acids is 1. The van der Waals surface area contributed by atoms with Crippen LogP contribution in [-0.4, -0.2) is 47.6 Å². The van der Waals surface area contributed by atoms with Crippen LogP contribution in [0.1, 0.15) is 46.5 Å². The molecule has 1 aliphatic rings. The zero-order valence-corrected chi connectivity index (χ0v) is 13.5. The molecule has 0 aromatic carbocycles. The lowest BCUT2D eigenvalue weighted by atomic mass is 9.92. The smallest absolute Gasteiger partial charge is 0.320 e. The highest BCUT2D eigenvalue weighted by Gasteiger charge is 2.29. The highest BCUT2D eigenvalue weighted by atomic mass is 35.5. The first-order valence-corrected chi connectivity index (χ1v) is 7.03. The Kier molecular flexibility index (Phi) is 8.13. The van der Waals surface area contributed by atoms with Crippen molar-refractivity contribution in [3.8, 4) is 0 Å². The summed E-state index contributed by atoms with van der Waals surface area (Å²) in [5.41, 5.74) is 0.196. The molecule has 0 radical (unpaired) electrons. The Bertz CT molecular complexity index is 329. The van der Waals surface area contributed by atoms with Crippen molar-refractivity contribution in [3.05, 3.63) is 0 Å². The zero-order chi connectivity index (χ0) is 14.5. The van der Waals surface area contributed by atoms with Crippen molar-refractivity contribution in [1.29, 1.82) is 0 Å². The van der Waals surface area contributed by atoms with Gasteiger partial charge in [0.1, 0.15) is 6.04 Å². The number of amides is 1. The number of nitrogens with zero attached hydrogens (tertiary/aromatic N) is 1. The zero-order valence-electron chi connectivity index (χ0n) is 12.6. The molecule has 1 amide bonds. The maximum atomic E-state index is 11.8. The van der Waals surface area contributed by atoms with Gasteiger partial charge in [0.2, 0.25) is 5.91 Å². The van der Waals surface area contributed by atoms with E-state index in [1.165, 1.54) is 0 Å². The van der Waals surface area contributed by atoms with Crippen molar-refractivity contribution < 1.29 is 14.7 Å². The number of piperidine rings is 1. The number of aliphatic carboxylic acids is 1. The summed E-state index contributed by atoms with van der Waals surface area (Å²) < 4.78 is 0. The minimum absolute atomic E-state index is 0. The molecule has 0 bridgehead atoms. The van der Waals surface area contributed by atoms with Gasteiger partial charge in [-0.25, -0.2) is 0 Å². The fourth-order valence-corrected chi connectivity index (χ4v) is 2.28. The molecule has 0 aliphatic carbocycles. The number of nitrogens with one attached hydrogen (secondary N) is 1. The van der Waals surface area contributed by atoms with Crippen LogP contribution < -0.4 is 5.32 Å². The molecule has 1 unspecified atom stereocenters. The molecule has 1 rings (SSSR count). The lowest BCUT2D eigenvalue weighted by molar-refractivity contribution is -0.145. The van der Waals surface area contributed by atoms with E-state index in [0.29, 0.717) is 19.5 Å². The Morgan fingerprint density at radius 2 is 1.95 bits per heavy atom. The van der Waals surface area contributed by atoms with E-state index < -0.39 is 12.0 Å². The number of hydrogen-bond acceptors (Lipinski definition) is 3. The van der Waals surface area contributed by atoms with E-state index in [2.05, 4.69) is 26.1 Å². The van der Waals surface area contributed by atoms with Gasteiger partial charge in [0, 0.05) is 6.54 Å². The van der Waals surface area contributed by atoms with E-state index in [1.807, 2.05) is 0 Å². The summed E-state index contributed by atoms with van der Waals surface area (Å²) in [6, 6.07) is -0.498. The van der Waals surface area contributed by atoms with Crippen LogP contribution in [-0.2, 0) is 9.59 Å². The third-order valence-electron chi connectivity index (χ3n) is 3.44. The van der Waals surface area contributed by atoms with E-state index >= 15 is 0 Å². The van der Waals surface area contributed by atoms with Crippen LogP contribution in [0.15, 0.2) is 0 Å². The molecule has 0 saturated carbocycles. The second-order valence-corrected chi connectivity index (χ2v) is 6.48. The molecule has 0 aromatic rings. The van der Waals surface area contributed by atoms with Gasteiger partial charge < -0.3 is 10.4 Å². The molecular weight excluding hydrogens is 280 g/mol. The van der Waals surface area contributed by atoms with Gasteiger partial charge in [-0.3, -0.25) is 14.5 Å². The Morgan fingerprint density at radius 3 is 2.50 bits per heavy atom. The first kappa shape index (κ1) is 19.2. The number of carbonyl (C=O) groups excluding carboxylic acids is 1. The number of carboxylic acid groups (broad SMARTS) is 1. The van der Waals surface area contributed by atoms with Crippen LogP contribution in [0.3, 0.4) is 0 Å². The van der Waals surface area contributed by atoms with Crippen LogP contribution in [0.2, 0.25) is 0 Å². The van der Waals surface area contributed by atoms with E-state index in [1.54, 1.807) is 4.90 Å². The lowest BCUT2D eigenvalue weighted by Gasteiger charge is -2.32. The predicted octanol–water partition coefficient (Wildman–Crippen LogP) is 1.90. The van der Waals surface area contributed by atoms with Crippen LogP contribution in [0.4, 0.5) is 0 Å². The first-order valence-electron chi connectivity index (χ1n) is 7.03. The van der Waals surface area contributed by atoms with Crippen LogP contribution in [0, 0.1) is 5.41 Å². The summed E-state index contributed by atoms with van der Waals surface area (Å²) in [5.74, 6) is -0.889.